The molecule has 2 rings (SSSR count). The number of rotatable bonds is 3. The molecule has 4 heteroatoms. The topological polar surface area (TPSA) is 68.0 Å². The molecule has 14 heavy (non-hydrogen) atoms. The minimum absolute atomic E-state index is 0.00153. The number of nitrogens with two attached hydrogens (primary N) is 1. The van der Waals surface area contributed by atoms with E-state index in [1.165, 1.54) is 0 Å². The van der Waals surface area contributed by atoms with E-state index < -0.39 is 0 Å². The van der Waals surface area contributed by atoms with Gasteiger partial charge in [0.2, 0.25) is 5.91 Å². The van der Waals surface area contributed by atoms with Crippen molar-refractivity contribution in [3.05, 3.63) is 30.1 Å². The van der Waals surface area contributed by atoms with Gasteiger partial charge in [0.25, 0.3) is 0 Å². The number of pyridine rings is 1. The van der Waals surface area contributed by atoms with E-state index in [1.807, 2.05) is 18.2 Å². The number of aromatic nitrogens is 1. The van der Waals surface area contributed by atoms with E-state index in [2.05, 4.69) is 10.3 Å². The number of amides is 1. The van der Waals surface area contributed by atoms with Gasteiger partial charge in [0.05, 0.1) is 6.42 Å². The quantitative estimate of drug-likeness (QED) is 0.697. The molecule has 2 atom stereocenters. The summed E-state index contributed by atoms with van der Waals surface area (Å²) in [6.45, 7) is 0. The second kappa shape index (κ2) is 3.75. The van der Waals surface area contributed by atoms with E-state index in [0.717, 1.165) is 12.1 Å². The van der Waals surface area contributed by atoms with Gasteiger partial charge >= 0.3 is 0 Å². The first-order valence-electron chi connectivity index (χ1n) is 4.70. The Kier molecular flexibility index (Phi) is 2.45. The predicted molar refractivity (Wildman–Crippen MR) is 52.5 cm³/mol. The van der Waals surface area contributed by atoms with Gasteiger partial charge < -0.3 is 11.1 Å². The highest BCUT2D eigenvalue weighted by molar-refractivity contribution is 5.78. The number of hydrogen-bond acceptors (Lipinski definition) is 3. The van der Waals surface area contributed by atoms with Gasteiger partial charge in [-0.2, -0.15) is 0 Å². The third-order valence-electron chi connectivity index (χ3n) is 2.25. The van der Waals surface area contributed by atoms with E-state index in [1.54, 1.807) is 6.20 Å². The lowest BCUT2D eigenvalue weighted by atomic mass is 10.2. The standard InChI is InChI=1S/C10H13N3O/c11-8-6-9(8)13-10(14)5-7-3-1-2-4-12-7/h1-4,8-9H,5-6,11H2,(H,13,14). The molecule has 4 nitrogen and oxygen atoms in total. The van der Waals surface area contributed by atoms with Gasteiger partial charge in [0.15, 0.2) is 0 Å². The fraction of sp³-hybridized carbons (Fsp3) is 0.400. The highest BCUT2D eigenvalue weighted by Gasteiger charge is 2.34. The van der Waals surface area contributed by atoms with Crippen LogP contribution in [0.2, 0.25) is 0 Å². The summed E-state index contributed by atoms with van der Waals surface area (Å²) >= 11 is 0. The highest BCUT2D eigenvalue weighted by Crippen LogP contribution is 2.17. The summed E-state index contributed by atoms with van der Waals surface area (Å²) in [7, 11) is 0. The summed E-state index contributed by atoms with van der Waals surface area (Å²) in [6, 6.07) is 5.89. The zero-order valence-corrected chi connectivity index (χ0v) is 7.81. The van der Waals surface area contributed by atoms with Gasteiger partial charge in [-0.3, -0.25) is 9.78 Å². The molecule has 0 saturated heterocycles. The molecular weight excluding hydrogens is 178 g/mol. The fourth-order valence-electron chi connectivity index (χ4n) is 1.31. The smallest absolute Gasteiger partial charge is 0.226 e. The Labute approximate surface area is 82.5 Å². The number of nitrogens with one attached hydrogen (secondary N) is 1. The Morgan fingerprint density at radius 2 is 2.43 bits per heavy atom. The molecule has 1 aromatic heterocycles. The molecule has 1 aliphatic carbocycles. The lowest BCUT2D eigenvalue weighted by Gasteiger charge is -2.02. The monoisotopic (exact) mass is 191 g/mol. The number of carbonyl (C=O) groups excluding carboxylic acids is 1. The molecule has 0 spiro atoms. The third kappa shape index (κ3) is 2.29. The van der Waals surface area contributed by atoms with Gasteiger partial charge in [-0.15, -0.1) is 0 Å². The minimum Gasteiger partial charge on any atom is -0.351 e. The van der Waals surface area contributed by atoms with Crippen molar-refractivity contribution >= 4 is 5.91 Å². The maximum absolute atomic E-state index is 11.4. The normalized spacial score (nSPS) is 24.4. The molecule has 1 aromatic rings. The molecule has 0 bridgehead atoms. The van der Waals surface area contributed by atoms with Crippen LogP contribution in [-0.4, -0.2) is 23.0 Å². The van der Waals surface area contributed by atoms with Crippen molar-refractivity contribution in [2.24, 2.45) is 5.73 Å². The Balaban J connectivity index is 1.83. The molecule has 1 amide bonds. The summed E-state index contributed by atoms with van der Waals surface area (Å²) in [6.07, 6.45) is 2.92. The fourth-order valence-corrected chi connectivity index (χ4v) is 1.31. The zero-order valence-electron chi connectivity index (χ0n) is 7.81. The van der Waals surface area contributed by atoms with Crippen LogP contribution in [0.3, 0.4) is 0 Å². The third-order valence-corrected chi connectivity index (χ3v) is 2.25. The predicted octanol–water partition coefficient (Wildman–Crippen LogP) is -0.160. The Bertz CT molecular complexity index is 325. The average Bonchev–Trinajstić information content (AvgIpc) is 2.83. The second-order valence-corrected chi connectivity index (χ2v) is 3.57. The van der Waals surface area contributed by atoms with Crippen LogP contribution in [-0.2, 0) is 11.2 Å². The maximum atomic E-state index is 11.4. The summed E-state index contributed by atoms with van der Waals surface area (Å²) in [5.41, 5.74) is 6.37. The summed E-state index contributed by atoms with van der Waals surface area (Å²) in [5, 5.41) is 2.85. The molecule has 2 unspecified atom stereocenters. The van der Waals surface area contributed by atoms with Crippen LogP contribution in [0.1, 0.15) is 12.1 Å². The lowest BCUT2D eigenvalue weighted by Crippen LogP contribution is -2.31. The first kappa shape index (κ1) is 9.15. The van der Waals surface area contributed by atoms with E-state index in [0.29, 0.717) is 6.42 Å². The molecule has 1 aliphatic rings. The van der Waals surface area contributed by atoms with Crippen LogP contribution in [0.25, 0.3) is 0 Å². The van der Waals surface area contributed by atoms with Crippen molar-refractivity contribution in [3.8, 4) is 0 Å². The molecule has 0 aliphatic heterocycles. The minimum atomic E-state index is 0.00153. The molecule has 1 saturated carbocycles. The number of hydrogen-bond donors (Lipinski definition) is 2. The van der Waals surface area contributed by atoms with Crippen LogP contribution >= 0.6 is 0 Å². The van der Waals surface area contributed by atoms with Crippen LogP contribution in [0.15, 0.2) is 24.4 Å². The van der Waals surface area contributed by atoms with Crippen LogP contribution in [0.4, 0.5) is 0 Å². The summed E-state index contributed by atoms with van der Waals surface area (Å²) in [5.74, 6) is 0.00153. The van der Waals surface area contributed by atoms with Crippen LogP contribution < -0.4 is 11.1 Å². The summed E-state index contributed by atoms with van der Waals surface area (Å²) < 4.78 is 0. The van der Waals surface area contributed by atoms with Gasteiger partial charge in [-0.05, 0) is 18.6 Å². The van der Waals surface area contributed by atoms with Crippen molar-refractivity contribution in [1.29, 1.82) is 0 Å². The van der Waals surface area contributed by atoms with Crippen molar-refractivity contribution in [2.75, 3.05) is 0 Å². The Morgan fingerprint density at radius 1 is 1.64 bits per heavy atom. The second-order valence-electron chi connectivity index (χ2n) is 3.57. The average molecular weight is 191 g/mol. The SMILES string of the molecule is NC1CC1NC(=O)Cc1ccccn1. The van der Waals surface area contributed by atoms with Gasteiger partial charge in [-0.1, -0.05) is 6.07 Å². The van der Waals surface area contributed by atoms with Crippen LogP contribution in [0.5, 0.6) is 0 Å². The zero-order chi connectivity index (χ0) is 9.97. The van der Waals surface area contributed by atoms with Crippen molar-refractivity contribution in [1.82, 2.24) is 10.3 Å². The number of nitrogens with zero attached hydrogens (tertiary/aromatic N) is 1. The lowest BCUT2D eigenvalue weighted by molar-refractivity contribution is -0.120. The van der Waals surface area contributed by atoms with E-state index in [4.69, 9.17) is 5.73 Å². The summed E-state index contributed by atoms with van der Waals surface area (Å²) in [4.78, 5) is 15.5. The maximum Gasteiger partial charge on any atom is 0.226 e. The molecule has 0 radical (unpaired) electrons. The van der Waals surface area contributed by atoms with Crippen molar-refractivity contribution in [2.45, 2.75) is 24.9 Å². The molecule has 3 N–H and O–H groups in total. The van der Waals surface area contributed by atoms with Crippen molar-refractivity contribution in [3.63, 3.8) is 0 Å². The van der Waals surface area contributed by atoms with E-state index >= 15 is 0 Å². The van der Waals surface area contributed by atoms with E-state index in [9.17, 15) is 4.79 Å². The molecular formula is C10H13N3O. The number of carbonyl (C=O) groups is 1. The molecule has 1 fully saturated rings. The first-order valence-corrected chi connectivity index (χ1v) is 4.70. The Morgan fingerprint density at radius 3 is 3.00 bits per heavy atom. The van der Waals surface area contributed by atoms with Crippen molar-refractivity contribution < 1.29 is 4.79 Å². The molecule has 0 aromatic carbocycles. The van der Waals surface area contributed by atoms with Gasteiger partial charge in [0.1, 0.15) is 0 Å². The molecule has 74 valence electrons. The highest BCUT2D eigenvalue weighted by atomic mass is 16.1. The first-order chi connectivity index (χ1) is 6.75. The largest absolute Gasteiger partial charge is 0.351 e. The van der Waals surface area contributed by atoms with E-state index in [-0.39, 0.29) is 18.0 Å². The van der Waals surface area contributed by atoms with Gasteiger partial charge in [-0.25, -0.2) is 0 Å². The van der Waals surface area contributed by atoms with Gasteiger partial charge in [0, 0.05) is 24.0 Å². The van der Waals surface area contributed by atoms with Crippen LogP contribution in [0, 0.1) is 0 Å². The molecule has 1 heterocycles. The Hall–Kier alpha value is -1.42.